The number of aromatic nitrogens is 1. The van der Waals surface area contributed by atoms with Crippen LogP contribution in [0.15, 0.2) is 42.5 Å². The van der Waals surface area contributed by atoms with Crippen LogP contribution >= 0.6 is 0 Å². The molecule has 162 valence electrons. The van der Waals surface area contributed by atoms with Gasteiger partial charge in [-0.2, -0.15) is 0 Å². The third-order valence-corrected chi connectivity index (χ3v) is 5.13. The minimum Gasteiger partial charge on any atom is -0.473 e. The summed E-state index contributed by atoms with van der Waals surface area (Å²) in [5.74, 6) is -0.799. The predicted octanol–water partition coefficient (Wildman–Crippen LogP) is 4.16. The topological polar surface area (TPSA) is 85.4 Å². The van der Waals surface area contributed by atoms with Crippen molar-refractivity contribution < 1.29 is 22.3 Å². The Morgan fingerprint density at radius 3 is 2.67 bits per heavy atom. The van der Waals surface area contributed by atoms with Crippen LogP contribution in [0.2, 0.25) is 0 Å². The van der Waals surface area contributed by atoms with Crippen molar-refractivity contribution in [3.8, 4) is 5.88 Å². The Morgan fingerprint density at radius 2 is 2.03 bits per heavy atom. The number of aryl methyl sites for hydroxylation is 2. The number of rotatable bonds is 10. The SMILES string of the molecule is C/C=C\COc1nc(C)ccc1CCC(=O)C(C)c1ccc(NS(C)(=O)=O)c(F)c1. The highest BCUT2D eigenvalue weighted by Gasteiger charge is 2.18. The summed E-state index contributed by atoms with van der Waals surface area (Å²) in [4.78, 5) is 17.1. The van der Waals surface area contributed by atoms with E-state index in [4.69, 9.17) is 4.74 Å². The predicted molar refractivity (Wildman–Crippen MR) is 116 cm³/mol. The quantitative estimate of drug-likeness (QED) is 0.568. The number of nitrogens with one attached hydrogen (secondary N) is 1. The molecule has 0 radical (unpaired) electrons. The molecule has 1 heterocycles. The molecule has 0 aliphatic carbocycles. The Balaban J connectivity index is 2.07. The zero-order valence-electron chi connectivity index (χ0n) is 17.6. The fraction of sp³-hybridized carbons (Fsp3) is 0.364. The van der Waals surface area contributed by atoms with Crippen LogP contribution in [0.5, 0.6) is 5.88 Å². The number of carbonyl (C=O) groups is 1. The van der Waals surface area contributed by atoms with Gasteiger partial charge in [-0.3, -0.25) is 9.52 Å². The van der Waals surface area contributed by atoms with Crippen molar-refractivity contribution in [2.24, 2.45) is 0 Å². The molecule has 0 saturated heterocycles. The molecular weight excluding hydrogens is 407 g/mol. The van der Waals surface area contributed by atoms with Crippen LogP contribution in [0.25, 0.3) is 0 Å². The van der Waals surface area contributed by atoms with Crippen molar-refractivity contribution in [3.05, 3.63) is 65.1 Å². The summed E-state index contributed by atoms with van der Waals surface area (Å²) in [7, 11) is -3.58. The molecular formula is C22H27FN2O4S. The Kier molecular flexibility index (Phi) is 8.11. The lowest BCUT2D eigenvalue weighted by Gasteiger charge is -2.14. The van der Waals surface area contributed by atoms with E-state index in [0.717, 1.165) is 17.5 Å². The van der Waals surface area contributed by atoms with Crippen molar-refractivity contribution >= 4 is 21.5 Å². The van der Waals surface area contributed by atoms with Gasteiger partial charge in [0.2, 0.25) is 15.9 Å². The maximum absolute atomic E-state index is 14.2. The van der Waals surface area contributed by atoms with Crippen molar-refractivity contribution in [3.63, 3.8) is 0 Å². The highest BCUT2D eigenvalue weighted by atomic mass is 32.2. The van der Waals surface area contributed by atoms with Gasteiger partial charge in [0.15, 0.2) is 0 Å². The first-order valence-electron chi connectivity index (χ1n) is 9.61. The zero-order chi connectivity index (χ0) is 22.3. The van der Waals surface area contributed by atoms with Gasteiger partial charge in [0.25, 0.3) is 0 Å². The summed E-state index contributed by atoms with van der Waals surface area (Å²) < 4.78 is 44.6. The van der Waals surface area contributed by atoms with E-state index in [1.165, 1.54) is 12.1 Å². The first-order chi connectivity index (χ1) is 14.1. The number of hydrogen-bond donors (Lipinski definition) is 1. The Bertz CT molecular complexity index is 1040. The van der Waals surface area contributed by atoms with Crippen LogP contribution in [-0.4, -0.2) is 32.0 Å². The largest absolute Gasteiger partial charge is 0.473 e. The van der Waals surface area contributed by atoms with Gasteiger partial charge in [-0.15, -0.1) is 0 Å². The van der Waals surface area contributed by atoms with Gasteiger partial charge >= 0.3 is 0 Å². The number of ether oxygens (including phenoxy) is 1. The maximum Gasteiger partial charge on any atom is 0.229 e. The molecule has 8 heteroatoms. The fourth-order valence-electron chi connectivity index (χ4n) is 2.84. The van der Waals surface area contributed by atoms with Crippen LogP contribution in [0, 0.1) is 12.7 Å². The number of allylic oxidation sites excluding steroid dienone is 1. The summed E-state index contributed by atoms with van der Waals surface area (Å²) in [5, 5.41) is 0. The summed E-state index contributed by atoms with van der Waals surface area (Å²) in [6, 6.07) is 7.84. The number of hydrogen-bond acceptors (Lipinski definition) is 5. The zero-order valence-corrected chi connectivity index (χ0v) is 18.4. The third-order valence-electron chi connectivity index (χ3n) is 4.54. The van der Waals surface area contributed by atoms with E-state index in [0.29, 0.717) is 24.5 Å². The minimum absolute atomic E-state index is 0.0572. The lowest BCUT2D eigenvalue weighted by atomic mass is 9.93. The van der Waals surface area contributed by atoms with Crippen molar-refractivity contribution in [2.45, 2.75) is 39.5 Å². The number of sulfonamides is 1. The van der Waals surface area contributed by atoms with Crippen LogP contribution in [0.4, 0.5) is 10.1 Å². The number of carbonyl (C=O) groups excluding carboxylic acids is 1. The molecule has 0 bridgehead atoms. The van der Waals surface area contributed by atoms with Gasteiger partial charge in [0, 0.05) is 23.6 Å². The van der Waals surface area contributed by atoms with Gasteiger partial charge in [-0.1, -0.05) is 31.2 Å². The number of halogens is 1. The molecule has 2 rings (SSSR count). The Morgan fingerprint density at radius 1 is 1.30 bits per heavy atom. The highest BCUT2D eigenvalue weighted by Crippen LogP contribution is 2.25. The van der Waals surface area contributed by atoms with E-state index in [-0.39, 0.29) is 17.9 Å². The van der Waals surface area contributed by atoms with Crippen LogP contribution < -0.4 is 9.46 Å². The van der Waals surface area contributed by atoms with E-state index >= 15 is 0 Å². The van der Waals surface area contributed by atoms with Gasteiger partial charge < -0.3 is 4.74 Å². The Labute approximate surface area is 177 Å². The number of pyridine rings is 1. The molecule has 1 unspecified atom stereocenters. The summed E-state index contributed by atoms with van der Waals surface area (Å²) in [6.45, 7) is 5.88. The second-order valence-corrected chi connectivity index (χ2v) is 8.85. The van der Waals surface area contributed by atoms with Crippen LogP contribution in [0.3, 0.4) is 0 Å². The molecule has 0 fully saturated rings. The number of Topliss-reactive ketones (excluding diaryl/α,β-unsaturated/α-hetero) is 1. The van der Waals surface area contributed by atoms with Gasteiger partial charge in [0.05, 0.1) is 11.9 Å². The Hall–Kier alpha value is -2.74. The molecule has 30 heavy (non-hydrogen) atoms. The van der Waals surface area contributed by atoms with Gasteiger partial charge in [0.1, 0.15) is 18.2 Å². The lowest BCUT2D eigenvalue weighted by Crippen LogP contribution is -2.13. The summed E-state index contributed by atoms with van der Waals surface area (Å²) in [6.07, 6.45) is 5.41. The molecule has 1 aromatic carbocycles. The van der Waals surface area contributed by atoms with E-state index < -0.39 is 21.8 Å². The lowest BCUT2D eigenvalue weighted by molar-refractivity contribution is -0.120. The molecule has 0 aliphatic heterocycles. The summed E-state index contributed by atoms with van der Waals surface area (Å²) in [5.41, 5.74) is 2.01. The minimum atomic E-state index is -3.58. The smallest absolute Gasteiger partial charge is 0.229 e. The third kappa shape index (κ3) is 6.95. The molecule has 0 aliphatic rings. The number of ketones is 1. The van der Waals surface area contributed by atoms with Crippen molar-refractivity contribution in [2.75, 3.05) is 17.6 Å². The molecule has 2 aromatic rings. The molecule has 0 spiro atoms. The standard InChI is InChI=1S/C22H27FN2O4S/c1-5-6-13-29-22-17(8-7-15(2)24-22)10-12-21(26)16(3)18-9-11-20(19(23)14-18)25-30(4,27)28/h5-9,11,14,16,25H,10,12-13H2,1-4H3/b6-5-. The average Bonchev–Trinajstić information content (AvgIpc) is 2.67. The normalized spacial score (nSPS) is 12.7. The maximum atomic E-state index is 14.2. The second kappa shape index (κ2) is 10.3. The molecule has 6 nitrogen and oxygen atoms in total. The van der Waals surface area contributed by atoms with Crippen molar-refractivity contribution in [1.82, 2.24) is 4.98 Å². The van der Waals surface area contributed by atoms with Gasteiger partial charge in [-0.25, -0.2) is 17.8 Å². The molecule has 1 aromatic heterocycles. The molecule has 0 saturated carbocycles. The van der Waals surface area contributed by atoms with Crippen LogP contribution in [-0.2, 0) is 21.2 Å². The van der Waals surface area contributed by atoms with Crippen molar-refractivity contribution in [1.29, 1.82) is 0 Å². The first kappa shape index (κ1) is 23.5. The summed E-state index contributed by atoms with van der Waals surface area (Å²) >= 11 is 0. The second-order valence-electron chi connectivity index (χ2n) is 7.10. The average molecular weight is 435 g/mol. The number of nitrogens with zero attached hydrogens (tertiary/aromatic N) is 1. The van der Waals surface area contributed by atoms with E-state index in [2.05, 4.69) is 9.71 Å². The van der Waals surface area contributed by atoms with Gasteiger partial charge in [-0.05, 0) is 44.0 Å². The van der Waals surface area contributed by atoms with E-state index in [1.807, 2.05) is 38.1 Å². The molecule has 0 amide bonds. The number of anilines is 1. The monoisotopic (exact) mass is 434 g/mol. The highest BCUT2D eigenvalue weighted by molar-refractivity contribution is 7.92. The fourth-order valence-corrected chi connectivity index (χ4v) is 3.41. The first-order valence-corrected chi connectivity index (χ1v) is 11.5. The number of benzene rings is 1. The molecule has 1 N–H and O–H groups in total. The van der Waals surface area contributed by atoms with E-state index in [9.17, 15) is 17.6 Å². The van der Waals surface area contributed by atoms with E-state index in [1.54, 1.807) is 13.0 Å². The molecule has 1 atom stereocenters. The van der Waals surface area contributed by atoms with Crippen LogP contribution in [0.1, 0.15) is 43.0 Å².